The molecule has 7 rings (SSSR count). The number of hydrogen-bond acceptors (Lipinski definition) is 16. The Kier molecular flexibility index (Phi) is 18.8. The number of halogens is 4. The zero-order chi connectivity index (χ0) is 63.4. The second-order valence-electron chi connectivity index (χ2n) is 20.2. The first-order valence-corrected chi connectivity index (χ1v) is 33.7. The zero-order valence-corrected chi connectivity index (χ0v) is 49.8. The van der Waals surface area contributed by atoms with Gasteiger partial charge in [-0.2, -0.15) is 63.9 Å². The maximum absolute atomic E-state index is 14.6. The molecule has 2 aliphatic heterocycles. The van der Waals surface area contributed by atoms with E-state index in [0.717, 1.165) is 12.1 Å². The zero-order valence-electron chi connectivity index (χ0n) is 44.9. The normalized spacial score (nSPS) is 17.4. The van der Waals surface area contributed by atoms with E-state index in [-0.39, 0.29) is 78.9 Å². The molecule has 0 saturated heterocycles. The van der Waals surface area contributed by atoms with Crippen LogP contribution in [0, 0.1) is 23.3 Å². The third-order valence-electron chi connectivity index (χ3n) is 14.3. The monoisotopic (exact) mass is 1310 g/mol. The van der Waals surface area contributed by atoms with Gasteiger partial charge in [-0.15, -0.1) is 0 Å². The minimum absolute atomic E-state index is 0.00537. The summed E-state index contributed by atoms with van der Waals surface area (Å²) in [5, 5.41) is -0.304. The van der Waals surface area contributed by atoms with E-state index in [2.05, 4.69) is 4.74 Å². The SMILES string of the molecule is COCCN1/C(=C/C=C/C=C/C=C/C2=[N+](CCCCCC(=O)Oc3c(F)c(F)c(S(=O)(=O)O)c(F)c3F)c3ccc4c(S(=O)(=O)O)cc(S(=O)(=O)O)cc4c3C2(C)C)C(C)(CCCS(=O)(=O)O)c2c1ccc1c(S(=O)(=O)O)cc(S(=O)(=O)O)cc21. The highest BCUT2D eigenvalue weighted by molar-refractivity contribution is 7.87. The van der Waals surface area contributed by atoms with Crippen LogP contribution in [0.1, 0.15) is 70.4 Å². The lowest BCUT2D eigenvalue weighted by molar-refractivity contribution is -0.438. The quantitative estimate of drug-likeness (QED) is 0.00527. The van der Waals surface area contributed by atoms with Crippen molar-refractivity contribution in [2.75, 3.05) is 37.5 Å². The van der Waals surface area contributed by atoms with Gasteiger partial charge in [0.1, 0.15) is 16.3 Å². The fourth-order valence-corrected chi connectivity index (χ4v) is 14.5. The van der Waals surface area contributed by atoms with Gasteiger partial charge in [0.05, 0.1) is 27.6 Å². The Hall–Kier alpha value is -6.34. The van der Waals surface area contributed by atoms with Crippen LogP contribution in [0.5, 0.6) is 5.75 Å². The van der Waals surface area contributed by atoms with Crippen LogP contribution >= 0.6 is 0 Å². The molecule has 1 atom stereocenters. The Morgan fingerprint density at radius 1 is 0.612 bits per heavy atom. The van der Waals surface area contributed by atoms with Gasteiger partial charge in [0.25, 0.3) is 50.6 Å². The van der Waals surface area contributed by atoms with Crippen LogP contribution < -0.4 is 9.64 Å². The topological polar surface area (TPSA) is 368 Å². The molecule has 0 saturated carbocycles. The molecule has 0 fully saturated rings. The number of esters is 1. The van der Waals surface area contributed by atoms with E-state index in [0.29, 0.717) is 40.5 Å². The number of unbranched alkanes of at least 4 members (excludes halogenated alkanes) is 2. The van der Waals surface area contributed by atoms with Crippen LogP contribution in [-0.2, 0) is 81.1 Å². The first kappa shape index (κ1) is 66.2. The summed E-state index contributed by atoms with van der Waals surface area (Å²) in [7, 11) is -29.3. The van der Waals surface area contributed by atoms with Crippen molar-refractivity contribution in [2.24, 2.45) is 0 Å². The molecule has 33 heteroatoms. The molecular formula is C52H53F4N2O21S6+. The number of anilines is 1. The van der Waals surface area contributed by atoms with Crippen molar-refractivity contribution < 1.29 is 114 Å². The minimum Gasteiger partial charge on any atom is -0.420 e. The lowest BCUT2D eigenvalue weighted by Gasteiger charge is -2.30. The highest BCUT2D eigenvalue weighted by Crippen LogP contribution is 2.54. The Morgan fingerprint density at radius 3 is 1.66 bits per heavy atom. The van der Waals surface area contributed by atoms with E-state index < -0.39 is 143 Å². The van der Waals surface area contributed by atoms with Gasteiger partial charge in [-0.05, 0) is 105 Å². The van der Waals surface area contributed by atoms with E-state index in [4.69, 9.17) is 9.29 Å². The van der Waals surface area contributed by atoms with Gasteiger partial charge in [-0.25, -0.2) is 8.78 Å². The summed E-state index contributed by atoms with van der Waals surface area (Å²) >= 11 is 0. The van der Waals surface area contributed by atoms with Crippen molar-refractivity contribution in [3.05, 3.63) is 131 Å². The van der Waals surface area contributed by atoms with Crippen molar-refractivity contribution >= 4 is 105 Å². The van der Waals surface area contributed by atoms with E-state index in [1.165, 1.54) is 31.4 Å². The number of nitrogens with zero attached hydrogens (tertiary/aromatic N) is 2. The molecule has 0 amide bonds. The lowest BCUT2D eigenvalue weighted by Crippen LogP contribution is -2.31. The largest absolute Gasteiger partial charge is 0.420 e. The van der Waals surface area contributed by atoms with E-state index >= 15 is 0 Å². The lowest BCUT2D eigenvalue weighted by atomic mass is 9.75. The molecule has 0 spiro atoms. The second kappa shape index (κ2) is 24.1. The van der Waals surface area contributed by atoms with Crippen molar-refractivity contribution in [1.29, 1.82) is 0 Å². The van der Waals surface area contributed by atoms with Crippen molar-refractivity contribution in [2.45, 2.75) is 94.6 Å². The first-order valence-electron chi connectivity index (χ1n) is 24.9. The molecule has 0 aliphatic carbocycles. The average Bonchev–Trinajstić information content (AvgIpc) is 1.81. The molecule has 85 heavy (non-hydrogen) atoms. The summed E-state index contributed by atoms with van der Waals surface area (Å²) in [5.41, 5.74) is -0.176. The number of benzene rings is 5. The number of hydrogen-bond donors (Lipinski definition) is 6. The van der Waals surface area contributed by atoms with Crippen LogP contribution in [0.3, 0.4) is 0 Å². The summed E-state index contributed by atoms with van der Waals surface area (Å²) in [6.45, 7) is 5.37. The highest BCUT2D eigenvalue weighted by Gasteiger charge is 2.47. The van der Waals surface area contributed by atoms with Gasteiger partial charge < -0.3 is 14.4 Å². The fourth-order valence-electron chi connectivity index (χ4n) is 10.7. The van der Waals surface area contributed by atoms with Crippen LogP contribution in [0.4, 0.5) is 28.9 Å². The summed E-state index contributed by atoms with van der Waals surface area (Å²) in [4.78, 5) is 8.65. The summed E-state index contributed by atoms with van der Waals surface area (Å²) in [5.74, 6) is -13.9. The standard InChI is InChI=1S/C52H52F4N2O21S6/c1-51(2)40(14-9-6-5-7-10-15-41-52(3,21-13-25-80(60,61)62)44-35-27-31(82(66,67)68)29-39(84(72,73)74)33(35)18-20-37(44)58(41)23-24-78-4)57(36-19-17-32-34(43(36)51)26-30(81(63,64)65)28-38(32)83(69,70)71)22-12-8-11-16-42(59)79-49-45(53)47(55)50(85(75,76)77)48(56)46(49)54/h5-7,9-10,14-15,17-20,26-29H,8,11-13,16,21-25H2,1-4H3,(H5-,60,61,62,63,64,65,66,67,68,69,70,71,72,73,74,75,76,77)/p+1. The highest BCUT2D eigenvalue weighted by atomic mass is 32.2. The molecule has 5 aromatic carbocycles. The van der Waals surface area contributed by atoms with Gasteiger partial charge in [0.2, 0.25) is 23.1 Å². The maximum atomic E-state index is 14.6. The molecule has 5 aromatic rings. The predicted molar refractivity (Wildman–Crippen MR) is 298 cm³/mol. The van der Waals surface area contributed by atoms with Crippen molar-refractivity contribution in [1.82, 2.24) is 0 Å². The van der Waals surface area contributed by atoms with Gasteiger partial charge in [-0.1, -0.05) is 36.4 Å². The molecule has 2 heterocycles. The average molecular weight is 1310 g/mol. The van der Waals surface area contributed by atoms with Crippen molar-refractivity contribution in [3.8, 4) is 5.75 Å². The molecule has 2 aliphatic rings. The number of methoxy groups -OCH3 is 1. The molecule has 0 aromatic heterocycles. The molecule has 1 unspecified atom stereocenters. The molecule has 0 bridgehead atoms. The molecule has 23 nitrogen and oxygen atoms in total. The molecule has 0 radical (unpaired) electrons. The number of carbonyl (C=O) groups is 1. The number of fused-ring (bicyclic) bond motifs is 6. The molecule has 6 N–H and O–H groups in total. The molecular weight excluding hydrogens is 1260 g/mol. The summed E-state index contributed by atoms with van der Waals surface area (Å²) < 4.78 is 276. The van der Waals surface area contributed by atoms with Crippen LogP contribution in [0.15, 0.2) is 121 Å². The number of allylic oxidation sites excluding steroid dienone is 8. The summed E-state index contributed by atoms with van der Waals surface area (Å²) in [6, 6.07) is 8.87. The van der Waals surface area contributed by atoms with Crippen LogP contribution in [0.2, 0.25) is 0 Å². The smallest absolute Gasteiger partial charge is 0.311 e. The Bertz CT molecular complexity index is 4480. The van der Waals surface area contributed by atoms with E-state index in [9.17, 15) is 95.6 Å². The number of ether oxygens (including phenoxy) is 2. The van der Waals surface area contributed by atoms with Crippen molar-refractivity contribution in [3.63, 3.8) is 0 Å². The third-order valence-corrected chi connectivity index (χ3v) is 19.4. The van der Waals surface area contributed by atoms with E-state index in [1.54, 1.807) is 72.8 Å². The van der Waals surface area contributed by atoms with Gasteiger partial charge in [0.15, 0.2) is 22.2 Å². The number of carbonyl (C=O) groups excluding carboxylic acids is 1. The van der Waals surface area contributed by atoms with Gasteiger partial charge >= 0.3 is 16.1 Å². The maximum Gasteiger partial charge on any atom is 0.311 e. The Morgan fingerprint density at radius 2 is 1.14 bits per heavy atom. The minimum atomic E-state index is -5.80. The fraction of sp³-hybridized carbons (Fsp3) is 0.308. The predicted octanol–water partition coefficient (Wildman–Crippen LogP) is 7.97. The van der Waals surface area contributed by atoms with Gasteiger partial charge in [0, 0.05) is 71.8 Å². The second-order valence-corrected chi connectivity index (χ2v) is 28.8. The molecule has 460 valence electrons. The third kappa shape index (κ3) is 13.8. The number of rotatable bonds is 23. The first-order chi connectivity index (χ1) is 39.2. The van der Waals surface area contributed by atoms with Gasteiger partial charge in [-0.3, -0.25) is 32.1 Å². The Labute approximate surface area is 485 Å². The Balaban J connectivity index is 1.25. The van der Waals surface area contributed by atoms with Crippen LogP contribution in [-0.4, -0.2) is 127 Å². The van der Waals surface area contributed by atoms with Crippen LogP contribution in [0.25, 0.3) is 21.5 Å². The van der Waals surface area contributed by atoms with E-state index in [1.807, 2.05) is 0 Å². The summed E-state index contributed by atoms with van der Waals surface area (Å²) in [6.07, 6.45) is 10.6.